The van der Waals surface area contributed by atoms with Gasteiger partial charge in [-0.05, 0) is 44.0 Å². The summed E-state index contributed by atoms with van der Waals surface area (Å²) in [5, 5.41) is 0. The highest BCUT2D eigenvalue weighted by atomic mass is 16.5. The quantitative estimate of drug-likeness (QED) is 0.866. The summed E-state index contributed by atoms with van der Waals surface area (Å²) >= 11 is 0. The minimum atomic E-state index is 0.401. The van der Waals surface area contributed by atoms with Crippen molar-refractivity contribution in [1.82, 2.24) is 4.90 Å². The predicted molar refractivity (Wildman–Crippen MR) is 70.1 cm³/mol. The van der Waals surface area contributed by atoms with Gasteiger partial charge in [0.05, 0.1) is 7.11 Å². The molecule has 1 fully saturated rings. The first-order valence-corrected chi connectivity index (χ1v) is 6.28. The van der Waals surface area contributed by atoms with E-state index < -0.39 is 0 Å². The number of hydrogen-bond donors (Lipinski definition) is 1. The number of benzene rings is 1. The van der Waals surface area contributed by atoms with Crippen molar-refractivity contribution in [3.63, 3.8) is 0 Å². The Balaban J connectivity index is 1.91. The third-order valence-corrected chi connectivity index (χ3v) is 3.66. The largest absolute Gasteiger partial charge is 0.497 e. The Kier molecular flexibility index (Phi) is 4.02. The Hall–Kier alpha value is -1.06. The van der Waals surface area contributed by atoms with E-state index >= 15 is 0 Å². The normalized spacial score (nSPS) is 24.2. The third kappa shape index (κ3) is 3.20. The molecule has 94 valence electrons. The molecule has 2 atom stereocenters. The molecule has 2 rings (SSSR count). The second-order valence-corrected chi connectivity index (χ2v) is 4.99. The highest BCUT2D eigenvalue weighted by molar-refractivity contribution is 5.27. The number of nitrogens with zero attached hydrogens (tertiary/aromatic N) is 1. The molecule has 0 saturated heterocycles. The molecule has 3 nitrogen and oxygen atoms in total. The standard InChI is InChI=1S/C14H22N2O/c1-16(13-6-5-12(15)9-13)10-11-3-7-14(17-2)8-4-11/h3-4,7-8,12-13H,5-6,9-10,15H2,1-2H3. The zero-order chi connectivity index (χ0) is 12.3. The SMILES string of the molecule is COc1ccc(CN(C)C2CCC(N)C2)cc1. The van der Waals surface area contributed by atoms with Crippen molar-refractivity contribution < 1.29 is 4.74 Å². The zero-order valence-corrected chi connectivity index (χ0v) is 10.7. The Morgan fingerprint density at radius 3 is 2.53 bits per heavy atom. The molecular weight excluding hydrogens is 212 g/mol. The fourth-order valence-electron chi connectivity index (χ4n) is 2.54. The number of hydrogen-bond acceptors (Lipinski definition) is 3. The van der Waals surface area contributed by atoms with Gasteiger partial charge < -0.3 is 10.5 Å². The van der Waals surface area contributed by atoms with Crippen molar-refractivity contribution in [2.75, 3.05) is 14.2 Å². The second kappa shape index (κ2) is 5.52. The first kappa shape index (κ1) is 12.4. The molecule has 17 heavy (non-hydrogen) atoms. The Bertz CT molecular complexity index is 350. The van der Waals surface area contributed by atoms with Gasteiger partial charge in [0, 0.05) is 18.6 Å². The average molecular weight is 234 g/mol. The molecule has 1 aromatic rings. The molecule has 0 heterocycles. The van der Waals surface area contributed by atoms with Crippen molar-refractivity contribution in [1.29, 1.82) is 0 Å². The summed E-state index contributed by atoms with van der Waals surface area (Å²) in [7, 11) is 3.88. The minimum Gasteiger partial charge on any atom is -0.497 e. The Morgan fingerprint density at radius 2 is 2.00 bits per heavy atom. The fraction of sp³-hybridized carbons (Fsp3) is 0.571. The smallest absolute Gasteiger partial charge is 0.118 e. The van der Waals surface area contributed by atoms with Crippen molar-refractivity contribution >= 4 is 0 Å². The average Bonchev–Trinajstić information content (AvgIpc) is 2.77. The molecule has 2 unspecified atom stereocenters. The molecule has 3 heteroatoms. The Labute approximate surface area is 104 Å². The first-order valence-electron chi connectivity index (χ1n) is 6.28. The van der Waals surface area contributed by atoms with Crippen LogP contribution >= 0.6 is 0 Å². The molecule has 0 spiro atoms. The van der Waals surface area contributed by atoms with Crippen LogP contribution in [0.3, 0.4) is 0 Å². The zero-order valence-electron chi connectivity index (χ0n) is 10.7. The van der Waals surface area contributed by atoms with E-state index in [0.717, 1.165) is 25.1 Å². The summed E-state index contributed by atoms with van der Waals surface area (Å²) in [5.74, 6) is 0.916. The maximum Gasteiger partial charge on any atom is 0.118 e. The van der Waals surface area contributed by atoms with Gasteiger partial charge in [-0.15, -0.1) is 0 Å². The van der Waals surface area contributed by atoms with Gasteiger partial charge in [-0.2, -0.15) is 0 Å². The predicted octanol–water partition coefficient (Wildman–Crippen LogP) is 2.01. The summed E-state index contributed by atoms with van der Waals surface area (Å²) in [4.78, 5) is 2.41. The van der Waals surface area contributed by atoms with E-state index in [-0.39, 0.29) is 0 Å². The second-order valence-electron chi connectivity index (χ2n) is 4.99. The van der Waals surface area contributed by atoms with Gasteiger partial charge in [-0.1, -0.05) is 12.1 Å². The lowest BCUT2D eigenvalue weighted by Crippen LogP contribution is -2.30. The maximum absolute atomic E-state index is 5.95. The summed E-state index contributed by atoms with van der Waals surface area (Å²) in [5.41, 5.74) is 7.28. The van der Waals surface area contributed by atoms with E-state index in [1.165, 1.54) is 12.0 Å². The lowest BCUT2D eigenvalue weighted by molar-refractivity contribution is 0.235. The van der Waals surface area contributed by atoms with E-state index in [1.807, 2.05) is 12.1 Å². The van der Waals surface area contributed by atoms with Crippen LogP contribution in [0.25, 0.3) is 0 Å². The molecular formula is C14H22N2O. The van der Waals surface area contributed by atoms with Crippen molar-refractivity contribution in [3.05, 3.63) is 29.8 Å². The molecule has 0 bridgehead atoms. The molecule has 0 radical (unpaired) electrons. The molecule has 1 aliphatic carbocycles. The lowest BCUT2D eigenvalue weighted by atomic mass is 10.1. The van der Waals surface area contributed by atoms with Crippen LogP contribution in [0.2, 0.25) is 0 Å². The van der Waals surface area contributed by atoms with Gasteiger partial charge in [-0.25, -0.2) is 0 Å². The van der Waals surface area contributed by atoms with Crippen LogP contribution in [0, 0.1) is 0 Å². The number of rotatable bonds is 4. The number of methoxy groups -OCH3 is 1. The molecule has 0 aromatic heterocycles. The van der Waals surface area contributed by atoms with Crippen molar-refractivity contribution in [2.24, 2.45) is 5.73 Å². The molecule has 1 aromatic carbocycles. The van der Waals surface area contributed by atoms with Crippen LogP contribution in [0.15, 0.2) is 24.3 Å². The molecule has 0 aliphatic heterocycles. The first-order chi connectivity index (χ1) is 8.19. The van der Waals surface area contributed by atoms with Crippen LogP contribution in [0.4, 0.5) is 0 Å². The van der Waals surface area contributed by atoms with Crippen molar-refractivity contribution in [3.8, 4) is 5.75 Å². The van der Waals surface area contributed by atoms with Crippen LogP contribution in [0.1, 0.15) is 24.8 Å². The Morgan fingerprint density at radius 1 is 1.29 bits per heavy atom. The van der Waals surface area contributed by atoms with E-state index in [2.05, 4.69) is 24.1 Å². The number of nitrogens with two attached hydrogens (primary N) is 1. The van der Waals surface area contributed by atoms with Gasteiger partial charge in [0.2, 0.25) is 0 Å². The van der Waals surface area contributed by atoms with Gasteiger partial charge in [0.15, 0.2) is 0 Å². The third-order valence-electron chi connectivity index (χ3n) is 3.66. The molecule has 2 N–H and O–H groups in total. The molecule has 0 amide bonds. The highest BCUT2D eigenvalue weighted by Gasteiger charge is 2.24. The van der Waals surface area contributed by atoms with Crippen LogP contribution in [0.5, 0.6) is 5.75 Å². The minimum absolute atomic E-state index is 0.401. The lowest BCUT2D eigenvalue weighted by Gasteiger charge is -2.24. The fourth-order valence-corrected chi connectivity index (χ4v) is 2.54. The van der Waals surface area contributed by atoms with Gasteiger partial charge in [-0.3, -0.25) is 4.90 Å². The van der Waals surface area contributed by atoms with Gasteiger partial charge >= 0.3 is 0 Å². The monoisotopic (exact) mass is 234 g/mol. The van der Waals surface area contributed by atoms with E-state index in [9.17, 15) is 0 Å². The maximum atomic E-state index is 5.95. The topological polar surface area (TPSA) is 38.5 Å². The molecule has 1 saturated carbocycles. The molecule has 1 aliphatic rings. The van der Waals surface area contributed by atoms with Crippen LogP contribution < -0.4 is 10.5 Å². The summed E-state index contributed by atoms with van der Waals surface area (Å²) in [6, 6.07) is 9.34. The van der Waals surface area contributed by atoms with Crippen LogP contribution in [-0.4, -0.2) is 31.1 Å². The van der Waals surface area contributed by atoms with Gasteiger partial charge in [0.25, 0.3) is 0 Å². The summed E-state index contributed by atoms with van der Waals surface area (Å²) < 4.78 is 5.16. The summed E-state index contributed by atoms with van der Waals surface area (Å²) in [6.45, 7) is 0.987. The highest BCUT2D eigenvalue weighted by Crippen LogP contribution is 2.23. The van der Waals surface area contributed by atoms with E-state index in [4.69, 9.17) is 10.5 Å². The van der Waals surface area contributed by atoms with Crippen molar-refractivity contribution in [2.45, 2.75) is 37.9 Å². The summed E-state index contributed by atoms with van der Waals surface area (Å²) in [6.07, 6.45) is 3.53. The van der Waals surface area contributed by atoms with Crippen LogP contribution in [-0.2, 0) is 6.54 Å². The number of ether oxygens (including phenoxy) is 1. The van der Waals surface area contributed by atoms with Gasteiger partial charge in [0.1, 0.15) is 5.75 Å². The van der Waals surface area contributed by atoms with E-state index in [1.54, 1.807) is 7.11 Å². The van der Waals surface area contributed by atoms with E-state index in [0.29, 0.717) is 12.1 Å².